The van der Waals surface area contributed by atoms with Crippen molar-refractivity contribution in [3.63, 3.8) is 0 Å². The molecule has 1 fully saturated rings. The van der Waals surface area contributed by atoms with Gasteiger partial charge in [-0.2, -0.15) is 0 Å². The minimum absolute atomic E-state index is 0.263. The Bertz CT molecular complexity index is 551. The van der Waals surface area contributed by atoms with E-state index in [1.807, 2.05) is 0 Å². The molecule has 0 atom stereocenters. The average molecular weight is 330 g/mol. The molecule has 120 valence electrons. The normalized spacial score (nSPS) is 24.5. The molecule has 0 saturated carbocycles. The van der Waals surface area contributed by atoms with E-state index in [9.17, 15) is 19.4 Å². The van der Waals surface area contributed by atoms with Crippen molar-refractivity contribution in [1.82, 2.24) is 0 Å². The highest BCUT2D eigenvalue weighted by Gasteiger charge is 2.65. The zero-order chi connectivity index (χ0) is 16.4. The summed E-state index contributed by atoms with van der Waals surface area (Å²) in [4.78, 5) is -1.92. The Labute approximate surface area is 120 Å². The first-order chi connectivity index (χ1) is 9.02. The van der Waals surface area contributed by atoms with E-state index in [0.717, 1.165) is 12.1 Å². The molecule has 1 aliphatic rings. The second kappa shape index (κ2) is 3.75. The molecule has 1 aromatic carbocycles. The van der Waals surface area contributed by atoms with E-state index in [1.165, 1.54) is 0 Å². The maximum atomic E-state index is 12.6. The van der Waals surface area contributed by atoms with Crippen LogP contribution in [0.25, 0.3) is 0 Å². The summed E-state index contributed by atoms with van der Waals surface area (Å²) >= 11 is 0. The van der Waals surface area contributed by atoms with Crippen LogP contribution in [0.5, 0.6) is 0 Å². The topological polar surface area (TPSA) is 18.5 Å². The zero-order valence-corrected chi connectivity index (χ0v) is 12.8. The number of benzene rings is 1. The highest BCUT2D eigenvalue weighted by Crippen LogP contribution is 3.02. The van der Waals surface area contributed by atoms with E-state index in [-0.39, 0.29) is 5.46 Å². The molecule has 1 heterocycles. The Morgan fingerprint density at radius 3 is 1.52 bits per heavy atom. The summed E-state index contributed by atoms with van der Waals surface area (Å²) in [6.45, 7) is 7.15. The first-order valence-corrected chi connectivity index (χ1v) is 8.17. The SMILES string of the molecule is CC1(C)OB(c2ccc(S(F)(F)(F)(F)F)cc2)OC1(C)C. The minimum atomic E-state index is -9.64. The quantitative estimate of drug-likeness (QED) is 0.581. The van der Waals surface area contributed by atoms with E-state index in [1.54, 1.807) is 27.7 Å². The van der Waals surface area contributed by atoms with Gasteiger partial charge in [0, 0.05) is 0 Å². The number of hydrogen-bond acceptors (Lipinski definition) is 2. The number of rotatable bonds is 2. The molecule has 2 rings (SSSR count). The van der Waals surface area contributed by atoms with Crippen LogP contribution in [-0.4, -0.2) is 18.3 Å². The first kappa shape index (κ1) is 16.6. The van der Waals surface area contributed by atoms with Gasteiger partial charge in [0.25, 0.3) is 0 Å². The van der Waals surface area contributed by atoms with Gasteiger partial charge in [-0.1, -0.05) is 31.6 Å². The molecule has 0 unspecified atom stereocenters. The van der Waals surface area contributed by atoms with E-state index in [0.29, 0.717) is 12.1 Å². The molecule has 0 aromatic heterocycles. The lowest BCUT2D eigenvalue weighted by Gasteiger charge is -2.40. The molecule has 1 aliphatic heterocycles. The van der Waals surface area contributed by atoms with Gasteiger partial charge in [0.1, 0.15) is 4.90 Å². The summed E-state index contributed by atoms with van der Waals surface area (Å²) < 4.78 is 74.5. The van der Waals surface area contributed by atoms with Crippen molar-refractivity contribution < 1.29 is 28.7 Å². The summed E-state index contributed by atoms with van der Waals surface area (Å²) in [7, 11) is -10.5. The molecule has 0 aliphatic carbocycles. The lowest BCUT2D eigenvalue weighted by Crippen LogP contribution is -2.41. The van der Waals surface area contributed by atoms with Gasteiger partial charge in [0.2, 0.25) is 0 Å². The summed E-state index contributed by atoms with van der Waals surface area (Å²) in [6.07, 6.45) is 0. The van der Waals surface area contributed by atoms with Gasteiger partial charge in [-0.15, -0.1) is 0 Å². The van der Waals surface area contributed by atoms with Gasteiger partial charge < -0.3 is 9.31 Å². The fourth-order valence-electron chi connectivity index (χ4n) is 1.86. The van der Waals surface area contributed by atoms with Crippen LogP contribution < -0.4 is 5.46 Å². The molecule has 0 amide bonds. The monoisotopic (exact) mass is 330 g/mol. The van der Waals surface area contributed by atoms with Crippen LogP contribution in [-0.2, 0) is 9.31 Å². The van der Waals surface area contributed by atoms with Gasteiger partial charge in [-0.25, -0.2) is 0 Å². The Balaban J connectivity index is 2.31. The van der Waals surface area contributed by atoms with Crippen LogP contribution >= 0.6 is 10.2 Å². The molecular formula is C12H16BF5O2S. The average Bonchev–Trinajstić information content (AvgIpc) is 2.45. The fourth-order valence-corrected chi connectivity index (χ4v) is 2.51. The van der Waals surface area contributed by atoms with Crippen LogP contribution in [0.1, 0.15) is 27.7 Å². The molecule has 0 bridgehead atoms. The maximum absolute atomic E-state index is 12.6. The number of hydrogen-bond donors (Lipinski definition) is 0. The van der Waals surface area contributed by atoms with Crippen LogP contribution in [0.2, 0.25) is 0 Å². The largest absolute Gasteiger partial charge is 0.494 e. The molecule has 9 heteroatoms. The molecule has 1 aromatic rings. The molecule has 1 saturated heterocycles. The van der Waals surface area contributed by atoms with Gasteiger partial charge in [0.05, 0.1) is 11.2 Å². The molecule has 0 radical (unpaired) electrons. The van der Waals surface area contributed by atoms with Gasteiger partial charge in [-0.3, -0.25) is 0 Å². The van der Waals surface area contributed by atoms with Crippen molar-refractivity contribution in [2.45, 2.75) is 43.8 Å². The third-order valence-corrected chi connectivity index (χ3v) is 5.01. The molecular weight excluding hydrogens is 314 g/mol. The molecule has 0 N–H and O–H groups in total. The predicted octanol–water partition coefficient (Wildman–Crippen LogP) is 4.64. The highest BCUT2D eigenvalue weighted by atomic mass is 32.5. The van der Waals surface area contributed by atoms with E-state index in [2.05, 4.69) is 0 Å². The smallest absolute Gasteiger partial charge is 0.399 e. The Hall–Kier alpha value is -0.795. The van der Waals surface area contributed by atoms with E-state index in [4.69, 9.17) is 9.31 Å². The summed E-state index contributed by atoms with van der Waals surface area (Å²) in [5.74, 6) is 0. The molecule has 2 nitrogen and oxygen atoms in total. The van der Waals surface area contributed by atoms with Crippen LogP contribution in [0.3, 0.4) is 0 Å². The zero-order valence-electron chi connectivity index (χ0n) is 12.0. The second-order valence-electron chi connectivity index (χ2n) is 6.13. The lowest BCUT2D eigenvalue weighted by molar-refractivity contribution is 0.00578. The standard InChI is InChI=1S/C12H16BF5O2S/c1-11(2)12(3,4)20-13(19-11)9-5-7-10(8-6-9)21(14,15,16,17)18/h5-8H,1-4H3. The van der Waals surface area contributed by atoms with Crippen LogP contribution in [0.4, 0.5) is 19.4 Å². The third kappa shape index (κ3) is 3.19. The second-order valence-corrected chi connectivity index (χ2v) is 8.54. The van der Waals surface area contributed by atoms with Crippen molar-refractivity contribution in [2.24, 2.45) is 0 Å². The maximum Gasteiger partial charge on any atom is 0.494 e. The Morgan fingerprint density at radius 1 is 0.810 bits per heavy atom. The first-order valence-electron chi connectivity index (χ1n) is 6.22. The van der Waals surface area contributed by atoms with E-state index < -0.39 is 33.4 Å². The minimum Gasteiger partial charge on any atom is -0.399 e. The van der Waals surface area contributed by atoms with Crippen molar-refractivity contribution in [3.05, 3.63) is 24.3 Å². The highest BCUT2D eigenvalue weighted by molar-refractivity contribution is 8.45. The number of halogens is 5. The fraction of sp³-hybridized carbons (Fsp3) is 0.500. The van der Waals surface area contributed by atoms with E-state index >= 15 is 0 Å². The third-order valence-electron chi connectivity index (χ3n) is 3.85. The van der Waals surface area contributed by atoms with Crippen molar-refractivity contribution in [2.75, 3.05) is 0 Å². The lowest BCUT2D eigenvalue weighted by atomic mass is 9.79. The van der Waals surface area contributed by atoms with Gasteiger partial charge in [-0.05, 0) is 45.3 Å². The van der Waals surface area contributed by atoms with Gasteiger partial charge >= 0.3 is 17.3 Å². The Morgan fingerprint density at radius 2 is 1.19 bits per heavy atom. The summed E-state index contributed by atoms with van der Waals surface area (Å²) in [5, 5.41) is 0. The summed E-state index contributed by atoms with van der Waals surface area (Å²) in [6, 6.07) is 2.63. The molecule has 21 heavy (non-hydrogen) atoms. The predicted molar refractivity (Wildman–Crippen MR) is 73.6 cm³/mol. The van der Waals surface area contributed by atoms with Crippen molar-refractivity contribution in [1.29, 1.82) is 0 Å². The summed E-state index contributed by atoms with van der Waals surface area (Å²) in [5.41, 5.74) is -1.05. The van der Waals surface area contributed by atoms with Crippen molar-refractivity contribution in [3.8, 4) is 0 Å². The van der Waals surface area contributed by atoms with Crippen molar-refractivity contribution >= 4 is 22.8 Å². The van der Waals surface area contributed by atoms with Crippen LogP contribution in [0.15, 0.2) is 29.2 Å². The molecule has 0 spiro atoms. The van der Waals surface area contributed by atoms with Crippen LogP contribution in [0, 0.1) is 0 Å². The Kier molecular flexibility index (Phi) is 2.96. The van der Waals surface area contributed by atoms with Gasteiger partial charge in [0.15, 0.2) is 0 Å².